The average Bonchev–Trinajstić information content (AvgIpc) is 2.26. The van der Waals surface area contributed by atoms with Crippen LogP contribution in [0.25, 0.3) is 0 Å². The molecule has 0 saturated heterocycles. The van der Waals surface area contributed by atoms with Crippen LogP contribution < -0.4 is 10.2 Å². The number of phenolic OH excluding ortho intramolecular Hbond substituents is 1. The molecule has 3 N–H and O–H groups in total. The van der Waals surface area contributed by atoms with Crippen molar-refractivity contribution in [2.24, 2.45) is 5.92 Å². The molecule has 92 valence electrons. The molecule has 1 aromatic carbocycles. The van der Waals surface area contributed by atoms with Gasteiger partial charge >= 0.3 is 0 Å². The van der Waals surface area contributed by atoms with Crippen molar-refractivity contribution in [1.29, 1.82) is 0 Å². The molecule has 1 amide bonds. The van der Waals surface area contributed by atoms with Crippen molar-refractivity contribution in [2.75, 3.05) is 6.61 Å². The number of ether oxygens (including phenoxy) is 1. The molecule has 0 unspecified atom stereocenters. The Labute approximate surface area is 99.0 Å². The van der Waals surface area contributed by atoms with Gasteiger partial charge in [-0.3, -0.25) is 10.0 Å². The van der Waals surface area contributed by atoms with Crippen molar-refractivity contribution in [1.82, 2.24) is 5.48 Å². The van der Waals surface area contributed by atoms with Gasteiger partial charge in [0, 0.05) is 0 Å². The van der Waals surface area contributed by atoms with E-state index in [1.54, 1.807) is 12.1 Å². The minimum atomic E-state index is -0.772. The highest BCUT2D eigenvalue weighted by atomic mass is 16.5. The number of hydrogen-bond acceptors (Lipinski definition) is 4. The van der Waals surface area contributed by atoms with Crippen LogP contribution in [0.15, 0.2) is 18.2 Å². The number of benzene rings is 1. The highest BCUT2D eigenvalue weighted by Gasteiger charge is 2.21. The Morgan fingerprint density at radius 3 is 2.82 bits per heavy atom. The standard InChI is InChI=1S/C12H15NO4/c14-9-5-2-6-10(11(9)12(15)13-16)17-7-8-3-1-4-8/h2,5-6,8,14,16H,1,3-4,7H2,(H,13,15). The van der Waals surface area contributed by atoms with Gasteiger partial charge in [0.2, 0.25) is 0 Å². The van der Waals surface area contributed by atoms with Crippen LogP contribution in [0.4, 0.5) is 0 Å². The van der Waals surface area contributed by atoms with E-state index in [4.69, 9.17) is 9.94 Å². The van der Waals surface area contributed by atoms with Gasteiger partial charge in [0.15, 0.2) is 0 Å². The average molecular weight is 237 g/mol. The molecule has 0 bridgehead atoms. The number of phenols is 1. The molecule has 1 saturated carbocycles. The molecule has 0 aliphatic heterocycles. The fraction of sp³-hybridized carbons (Fsp3) is 0.417. The van der Waals surface area contributed by atoms with Crippen LogP contribution >= 0.6 is 0 Å². The maximum Gasteiger partial charge on any atom is 0.282 e. The summed E-state index contributed by atoms with van der Waals surface area (Å²) < 4.78 is 5.51. The van der Waals surface area contributed by atoms with Crippen LogP contribution in [-0.2, 0) is 0 Å². The van der Waals surface area contributed by atoms with E-state index in [9.17, 15) is 9.90 Å². The first-order valence-corrected chi connectivity index (χ1v) is 5.61. The lowest BCUT2D eigenvalue weighted by molar-refractivity contribution is 0.0696. The Balaban J connectivity index is 2.13. The molecule has 5 nitrogen and oxygen atoms in total. The third kappa shape index (κ3) is 2.50. The molecule has 0 aromatic heterocycles. The van der Waals surface area contributed by atoms with Crippen LogP contribution in [0.2, 0.25) is 0 Å². The summed E-state index contributed by atoms with van der Waals surface area (Å²) in [5.41, 5.74) is 1.47. The highest BCUT2D eigenvalue weighted by molar-refractivity contribution is 5.98. The van der Waals surface area contributed by atoms with E-state index in [1.807, 2.05) is 0 Å². The molecule has 1 aliphatic carbocycles. The van der Waals surface area contributed by atoms with Crippen LogP contribution in [0.5, 0.6) is 11.5 Å². The van der Waals surface area contributed by atoms with E-state index in [-0.39, 0.29) is 11.3 Å². The van der Waals surface area contributed by atoms with E-state index >= 15 is 0 Å². The number of rotatable bonds is 4. The molecule has 2 rings (SSSR count). The zero-order valence-corrected chi connectivity index (χ0v) is 9.35. The first kappa shape index (κ1) is 11.7. The van der Waals surface area contributed by atoms with Crippen molar-refractivity contribution >= 4 is 5.91 Å². The minimum Gasteiger partial charge on any atom is -0.507 e. The van der Waals surface area contributed by atoms with Crippen LogP contribution in [0.1, 0.15) is 29.6 Å². The lowest BCUT2D eigenvalue weighted by atomic mass is 9.86. The van der Waals surface area contributed by atoms with E-state index in [0.717, 1.165) is 12.8 Å². The van der Waals surface area contributed by atoms with Gasteiger partial charge < -0.3 is 9.84 Å². The van der Waals surface area contributed by atoms with E-state index in [2.05, 4.69) is 0 Å². The maximum absolute atomic E-state index is 11.4. The smallest absolute Gasteiger partial charge is 0.282 e. The summed E-state index contributed by atoms with van der Waals surface area (Å²) in [5.74, 6) is -0.153. The first-order chi connectivity index (χ1) is 8.22. The summed E-state index contributed by atoms with van der Waals surface area (Å²) in [4.78, 5) is 11.4. The number of carbonyl (C=O) groups is 1. The van der Waals surface area contributed by atoms with Gasteiger partial charge in [-0.2, -0.15) is 0 Å². The molecule has 0 spiro atoms. The third-order valence-electron chi connectivity index (χ3n) is 3.03. The Bertz CT molecular complexity index is 415. The quantitative estimate of drug-likeness (QED) is 0.550. The second-order valence-corrected chi connectivity index (χ2v) is 4.20. The van der Waals surface area contributed by atoms with Gasteiger partial charge in [-0.25, -0.2) is 5.48 Å². The van der Waals surface area contributed by atoms with Gasteiger partial charge in [-0.05, 0) is 30.9 Å². The van der Waals surface area contributed by atoms with E-state index < -0.39 is 5.91 Å². The zero-order chi connectivity index (χ0) is 12.3. The predicted molar refractivity (Wildman–Crippen MR) is 60.2 cm³/mol. The predicted octanol–water partition coefficient (Wildman–Crippen LogP) is 1.69. The lowest BCUT2D eigenvalue weighted by Gasteiger charge is -2.25. The molecule has 17 heavy (non-hydrogen) atoms. The Morgan fingerprint density at radius 1 is 1.47 bits per heavy atom. The van der Waals surface area contributed by atoms with Crippen molar-refractivity contribution in [3.05, 3.63) is 23.8 Å². The SMILES string of the molecule is O=C(NO)c1c(O)cccc1OCC1CCC1. The summed E-state index contributed by atoms with van der Waals surface area (Å²) >= 11 is 0. The number of nitrogens with one attached hydrogen (secondary N) is 1. The Kier molecular flexibility index (Phi) is 3.49. The number of hydrogen-bond donors (Lipinski definition) is 3. The molecule has 1 fully saturated rings. The third-order valence-corrected chi connectivity index (χ3v) is 3.03. The number of amides is 1. The highest BCUT2D eigenvalue weighted by Crippen LogP contribution is 2.30. The van der Waals surface area contributed by atoms with Crippen molar-refractivity contribution in [3.8, 4) is 11.5 Å². The molecular formula is C12H15NO4. The summed E-state index contributed by atoms with van der Waals surface area (Å²) in [5, 5.41) is 18.2. The monoisotopic (exact) mass is 237 g/mol. The molecule has 0 atom stereocenters. The maximum atomic E-state index is 11.4. The molecule has 1 aliphatic rings. The van der Waals surface area contributed by atoms with Gasteiger partial charge in [-0.1, -0.05) is 12.5 Å². The number of hydroxylamine groups is 1. The van der Waals surface area contributed by atoms with Gasteiger partial charge in [0.25, 0.3) is 5.91 Å². The second-order valence-electron chi connectivity index (χ2n) is 4.20. The van der Waals surface area contributed by atoms with Crippen LogP contribution in [-0.4, -0.2) is 22.8 Å². The Morgan fingerprint density at radius 2 is 2.24 bits per heavy atom. The van der Waals surface area contributed by atoms with Gasteiger partial charge in [-0.15, -0.1) is 0 Å². The first-order valence-electron chi connectivity index (χ1n) is 5.61. The molecule has 0 heterocycles. The van der Waals surface area contributed by atoms with Gasteiger partial charge in [0.1, 0.15) is 17.1 Å². The zero-order valence-electron chi connectivity index (χ0n) is 9.35. The topological polar surface area (TPSA) is 78.8 Å². The van der Waals surface area contributed by atoms with E-state index in [0.29, 0.717) is 18.3 Å². The summed E-state index contributed by atoms with van der Waals surface area (Å²) in [6.45, 7) is 0.537. The fourth-order valence-electron chi connectivity index (χ4n) is 1.79. The lowest BCUT2D eigenvalue weighted by Crippen LogP contribution is -2.22. The van der Waals surface area contributed by atoms with Crippen LogP contribution in [0.3, 0.4) is 0 Å². The van der Waals surface area contributed by atoms with Crippen molar-refractivity contribution in [2.45, 2.75) is 19.3 Å². The summed E-state index contributed by atoms with van der Waals surface area (Å²) in [6, 6.07) is 4.57. The summed E-state index contributed by atoms with van der Waals surface area (Å²) in [6.07, 6.45) is 3.50. The molecule has 5 heteroatoms. The second kappa shape index (κ2) is 5.05. The van der Waals surface area contributed by atoms with Crippen molar-refractivity contribution < 1.29 is 19.8 Å². The number of carbonyl (C=O) groups excluding carboxylic acids is 1. The molecular weight excluding hydrogens is 222 g/mol. The van der Waals surface area contributed by atoms with Crippen molar-refractivity contribution in [3.63, 3.8) is 0 Å². The largest absolute Gasteiger partial charge is 0.507 e. The molecule has 1 aromatic rings. The summed E-state index contributed by atoms with van der Waals surface area (Å²) in [7, 11) is 0. The van der Waals surface area contributed by atoms with Gasteiger partial charge in [0.05, 0.1) is 6.61 Å². The van der Waals surface area contributed by atoms with E-state index in [1.165, 1.54) is 18.0 Å². The fourth-order valence-corrected chi connectivity index (χ4v) is 1.79. The Hall–Kier alpha value is -1.75. The number of aromatic hydroxyl groups is 1. The minimum absolute atomic E-state index is 0.0330. The normalized spacial score (nSPS) is 15.1. The van der Waals surface area contributed by atoms with Crippen LogP contribution in [0, 0.1) is 5.92 Å². The molecule has 0 radical (unpaired) electrons.